The van der Waals surface area contributed by atoms with E-state index in [9.17, 15) is 0 Å². The van der Waals surface area contributed by atoms with Gasteiger partial charge in [-0.15, -0.1) is 0 Å². The van der Waals surface area contributed by atoms with Gasteiger partial charge in [0.05, 0.1) is 23.1 Å². The third kappa shape index (κ3) is 7.84. The molecule has 0 radical (unpaired) electrons. The summed E-state index contributed by atoms with van der Waals surface area (Å²) in [6, 6.07) is 5.98. The Morgan fingerprint density at radius 2 is 1.66 bits per heavy atom. The van der Waals surface area contributed by atoms with Crippen LogP contribution in [0.1, 0.15) is 78.3 Å². The molecule has 0 bridgehead atoms. The summed E-state index contributed by atoms with van der Waals surface area (Å²) in [5.41, 5.74) is 3.96. The first-order valence-corrected chi connectivity index (χ1v) is 19.0. The van der Waals surface area contributed by atoms with Gasteiger partial charge in [0.2, 0.25) is 0 Å². The van der Waals surface area contributed by atoms with Crippen LogP contribution in [0, 0.1) is 26.2 Å². The van der Waals surface area contributed by atoms with Gasteiger partial charge in [0.25, 0.3) is 0 Å². The zero-order valence-electron chi connectivity index (χ0n) is 28.6. The molecular weight excluding hydrogens is 592 g/mol. The van der Waals surface area contributed by atoms with Crippen LogP contribution in [-0.4, -0.2) is 54.9 Å². The molecule has 0 aliphatic carbocycles. The van der Waals surface area contributed by atoms with Crippen molar-refractivity contribution in [2.45, 2.75) is 118 Å². The molecule has 1 aliphatic heterocycles. The van der Waals surface area contributed by atoms with Crippen molar-refractivity contribution in [3.8, 4) is 28.4 Å². The predicted molar refractivity (Wildman–Crippen MR) is 181 cm³/mol. The molecule has 0 amide bonds. The SMILES string of the molecule is Cc1noc(C)c1-c1nc(-c2cc(Cl)cc(OC(C(C)O[Si](C)(C)C(C)(C)C)C(C)(C)C)c2)nc(NC2CCOCC2)c1C. The molecule has 4 rings (SSSR count). The summed E-state index contributed by atoms with van der Waals surface area (Å²) in [6.07, 6.45) is 1.48. The van der Waals surface area contributed by atoms with E-state index in [2.05, 4.69) is 72.0 Å². The molecule has 0 spiro atoms. The molecule has 2 unspecified atom stereocenters. The van der Waals surface area contributed by atoms with Gasteiger partial charge in [0.15, 0.2) is 14.1 Å². The highest BCUT2D eigenvalue weighted by Crippen LogP contribution is 2.40. The fourth-order valence-corrected chi connectivity index (χ4v) is 7.10. The predicted octanol–water partition coefficient (Wildman–Crippen LogP) is 9.17. The van der Waals surface area contributed by atoms with Crippen LogP contribution in [0.15, 0.2) is 22.7 Å². The van der Waals surface area contributed by atoms with Crippen LogP contribution < -0.4 is 10.1 Å². The number of benzene rings is 1. The third-order valence-corrected chi connectivity index (χ3v) is 13.7. The summed E-state index contributed by atoms with van der Waals surface area (Å²) < 4.78 is 24.7. The largest absolute Gasteiger partial charge is 0.487 e. The van der Waals surface area contributed by atoms with Crippen LogP contribution in [0.4, 0.5) is 5.82 Å². The fourth-order valence-electron chi connectivity index (χ4n) is 5.47. The summed E-state index contributed by atoms with van der Waals surface area (Å²) in [5, 5.41) is 8.51. The lowest BCUT2D eigenvalue weighted by atomic mass is 9.86. The van der Waals surface area contributed by atoms with Gasteiger partial charge in [-0.2, -0.15) is 0 Å². The highest BCUT2D eigenvalue weighted by molar-refractivity contribution is 6.74. The van der Waals surface area contributed by atoms with E-state index >= 15 is 0 Å². The second-order valence-electron chi connectivity index (χ2n) is 14.8. The maximum absolute atomic E-state index is 6.81. The highest BCUT2D eigenvalue weighted by atomic mass is 35.5. The minimum absolute atomic E-state index is 0.0883. The lowest BCUT2D eigenvalue weighted by Crippen LogP contribution is -2.50. The van der Waals surface area contributed by atoms with Gasteiger partial charge in [-0.25, -0.2) is 9.97 Å². The van der Waals surface area contributed by atoms with Crippen molar-refractivity contribution in [1.82, 2.24) is 15.1 Å². The Balaban J connectivity index is 1.76. The van der Waals surface area contributed by atoms with Crippen molar-refractivity contribution in [3.05, 3.63) is 40.2 Å². The number of anilines is 1. The summed E-state index contributed by atoms with van der Waals surface area (Å²) in [4.78, 5) is 10.1. The molecule has 44 heavy (non-hydrogen) atoms. The summed E-state index contributed by atoms with van der Waals surface area (Å²) >= 11 is 6.75. The average Bonchev–Trinajstić information content (AvgIpc) is 3.24. The van der Waals surface area contributed by atoms with E-state index in [1.807, 2.05) is 39.0 Å². The number of ether oxygens (including phenoxy) is 2. The van der Waals surface area contributed by atoms with Crippen molar-refractivity contribution in [1.29, 1.82) is 0 Å². The van der Waals surface area contributed by atoms with Gasteiger partial charge < -0.3 is 23.7 Å². The standard InChI is InChI=1S/C34H51ClN4O4Si/c1-20-29(28-21(2)39-42-22(28)3)37-32(38-31(20)36-26-13-15-40-16-14-26)24-17-25(35)19-27(18-24)41-30(33(5,6)7)23(4)43-44(11,12)34(8,9)10/h17-19,23,26,30H,13-16H2,1-12H3,(H,36,37,38). The molecule has 242 valence electrons. The molecule has 1 N–H and O–H groups in total. The Kier molecular flexibility index (Phi) is 10.2. The Labute approximate surface area is 269 Å². The van der Waals surface area contributed by atoms with Crippen molar-refractivity contribution in [2.24, 2.45) is 5.41 Å². The van der Waals surface area contributed by atoms with E-state index in [4.69, 9.17) is 40.0 Å². The van der Waals surface area contributed by atoms with E-state index in [0.717, 1.165) is 60.0 Å². The molecule has 1 fully saturated rings. The summed E-state index contributed by atoms with van der Waals surface area (Å²) in [7, 11) is -2.03. The molecule has 1 aromatic carbocycles. The topological polar surface area (TPSA) is 91.5 Å². The number of aromatic nitrogens is 3. The Bertz CT molecular complexity index is 1440. The molecule has 8 nitrogen and oxygen atoms in total. The van der Waals surface area contributed by atoms with Gasteiger partial charge in [-0.1, -0.05) is 58.3 Å². The highest BCUT2D eigenvalue weighted by Gasteiger charge is 2.42. The first-order chi connectivity index (χ1) is 20.4. The van der Waals surface area contributed by atoms with Crippen molar-refractivity contribution in [3.63, 3.8) is 0 Å². The smallest absolute Gasteiger partial charge is 0.192 e. The first kappa shape index (κ1) is 34.4. The van der Waals surface area contributed by atoms with Gasteiger partial charge in [-0.05, 0) is 76.9 Å². The van der Waals surface area contributed by atoms with Gasteiger partial charge in [0, 0.05) is 40.8 Å². The van der Waals surface area contributed by atoms with Crippen molar-refractivity contribution >= 4 is 25.7 Å². The van der Waals surface area contributed by atoms with Gasteiger partial charge in [-0.3, -0.25) is 0 Å². The number of nitrogens with zero attached hydrogens (tertiary/aromatic N) is 3. The van der Waals surface area contributed by atoms with Gasteiger partial charge >= 0.3 is 0 Å². The molecule has 0 saturated carbocycles. The second-order valence-corrected chi connectivity index (χ2v) is 20.0. The average molecular weight is 643 g/mol. The van der Waals surface area contributed by atoms with E-state index < -0.39 is 8.32 Å². The number of hydrogen-bond donors (Lipinski definition) is 1. The molecular formula is C34H51ClN4O4Si. The molecule has 3 heterocycles. The van der Waals surface area contributed by atoms with E-state index in [1.54, 1.807) is 0 Å². The lowest BCUT2D eigenvalue weighted by molar-refractivity contribution is -0.0110. The normalized spacial score (nSPS) is 16.6. The number of nitrogens with one attached hydrogen (secondary N) is 1. The van der Waals surface area contributed by atoms with Crippen LogP contribution in [0.3, 0.4) is 0 Å². The zero-order valence-corrected chi connectivity index (χ0v) is 30.4. The third-order valence-electron chi connectivity index (χ3n) is 8.94. The van der Waals surface area contributed by atoms with Crippen LogP contribution in [0.25, 0.3) is 22.6 Å². The molecule has 2 aromatic heterocycles. The minimum atomic E-state index is -2.03. The van der Waals surface area contributed by atoms with E-state index in [-0.39, 0.29) is 28.7 Å². The minimum Gasteiger partial charge on any atom is -0.487 e. The van der Waals surface area contributed by atoms with E-state index in [0.29, 0.717) is 22.4 Å². The number of hydrogen-bond acceptors (Lipinski definition) is 8. The maximum atomic E-state index is 6.81. The Morgan fingerprint density at radius 1 is 1.00 bits per heavy atom. The molecule has 3 aromatic rings. The fraction of sp³-hybridized carbons (Fsp3) is 0.618. The lowest BCUT2D eigenvalue weighted by Gasteiger charge is -2.43. The molecule has 10 heteroatoms. The number of halogens is 1. The molecule has 2 atom stereocenters. The number of rotatable bonds is 9. The van der Waals surface area contributed by atoms with Crippen LogP contribution >= 0.6 is 11.6 Å². The molecule has 1 saturated heterocycles. The van der Waals surface area contributed by atoms with Crippen molar-refractivity contribution in [2.75, 3.05) is 18.5 Å². The quantitative estimate of drug-likeness (QED) is 0.231. The number of aryl methyl sites for hydroxylation is 2. The van der Waals surface area contributed by atoms with Crippen LogP contribution in [0.2, 0.25) is 23.2 Å². The Hall–Kier alpha value is -2.46. The monoisotopic (exact) mass is 642 g/mol. The summed E-state index contributed by atoms with van der Waals surface area (Å²) in [5.74, 6) is 2.69. The maximum Gasteiger partial charge on any atom is 0.192 e. The molecule has 1 aliphatic rings. The van der Waals surface area contributed by atoms with E-state index in [1.165, 1.54) is 0 Å². The Morgan fingerprint density at radius 3 is 2.23 bits per heavy atom. The summed E-state index contributed by atoms with van der Waals surface area (Å²) in [6.45, 7) is 27.3. The second kappa shape index (κ2) is 13.1. The van der Waals surface area contributed by atoms with Crippen LogP contribution in [-0.2, 0) is 9.16 Å². The van der Waals surface area contributed by atoms with Crippen LogP contribution in [0.5, 0.6) is 5.75 Å². The van der Waals surface area contributed by atoms with Gasteiger partial charge in [0.1, 0.15) is 23.4 Å². The first-order valence-electron chi connectivity index (χ1n) is 15.7. The zero-order chi connectivity index (χ0) is 32.6. The van der Waals surface area contributed by atoms with Crippen molar-refractivity contribution < 1.29 is 18.4 Å².